The number of aromatic amines is 1. The third-order valence-corrected chi connectivity index (χ3v) is 3.75. The number of benzene rings is 1. The second-order valence-corrected chi connectivity index (χ2v) is 5.40. The fourth-order valence-electron chi connectivity index (χ4n) is 2.83. The second kappa shape index (κ2) is 5.03. The first-order chi connectivity index (χ1) is 9.20. The molecule has 1 aliphatic carbocycles. The number of carbonyl (C=O) groups is 1. The predicted molar refractivity (Wildman–Crippen MR) is 74.9 cm³/mol. The summed E-state index contributed by atoms with van der Waals surface area (Å²) >= 11 is 0. The maximum atomic E-state index is 12.0. The van der Waals surface area contributed by atoms with Crippen molar-refractivity contribution in [2.75, 3.05) is 0 Å². The number of amides is 1. The van der Waals surface area contributed by atoms with Gasteiger partial charge in [-0.3, -0.25) is 4.79 Å². The van der Waals surface area contributed by atoms with Crippen LogP contribution in [0.1, 0.15) is 37.1 Å². The minimum Gasteiger partial charge on any atom is -0.353 e. The molecule has 4 heteroatoms. The van der Waals surface area contributed by atoms with Crippen LogP contribution in [-0.2, 0) is 11.2 Å². The van der Waals surface area contributed by atoms with Crippen molar-refractivity contribution in [3.8, 4) is 0 Å². The van der Waals surface area contributed by atoms with E-state index >= 15 is 0 Å². The molecule has 0 radical (unpaired) electrons. The van der Waals surface area contributed by atoms with Crippen LogP contribution in [0.4, 0.5) is 0 Å². The summed E-state index contributed by atoms with van der Waals surface area (Å²) in [5.41, 5.74) is 2.99. The van der Waals surface area contributed by atoms with E-state index in [1.54, 1.807) is 0 Å². The van der Waals surface area contributed by atoms with Crippen molar-refractivity contribution in [3.05, 3.63) is 29.6 Å². The smallest absolute Gasteiger partial charge is 0.224 e. The molecule has 19 heavy (non-hydrogen) atoms. The third-order valence-electron chi connectivity index (χ3n) is 3.75. The molecule has 1 aromatic heterocycles. The monoisotopic (exact) mass is 257 g/mol. The Morgan fingerprint density at radius 2 is 2.21 bits per heavy atom. The van der Waals surface area contributed by atoms with Gasteiger partial charge in [0.1, 0.15) is 5.82 Å². The minimum absolute atomic E-state index is 0.127. The van der Waals surface area contributed by atoms with Crippen LogP contribution in [-0.4, -0.2) is 21.9 Å². The summed E-state index contributed by atoms with van der Waals surface area (Å²) in [5, 5.41) is 3.12. The number of aromatic nitrogens is 2. The molecular formula is C15H19N3O. The summed E-state index contributed by atoms with van der Waals surface area (Å²) in [5.74, 6) is 1.03. The third kappa shape index (κ3) is 2.78. The molecule has 3 rings (SSSR count). The van der Waals surface area contributed by atoms with Gasteiger partial charge < -0.3 is 10.3 Å². The van der Waals surface area contributed by atoms with E-state index in [2.05, 4.69) is 15.3 Å². The van der Waals surface area contributed by atoms with E-state index in [1.165, 1.54) is 12.8 Å². The van der Waals surface area contributed by atoms with Crippen molar-refractivity contribution in [2.45, 2.75) is 45.1 Å². The lowest BCUT2D eigenvalue weighted by atomic mass is 10.1. The minimum atomic E-state index is 0.127. The molecule has 1 aliphatic rings. The van der Waals surface area contributed by atoms with Crippen molar-refractivity contribution in [1.29, 1.82) is 0 Å². The molecule has 0 bridgehead atoms. The van der Waals surface area contributed by atoms with Crippen molar-refractivity contribution in [1.82, 2.24) is 15.3 Å². The van der Waals surface area contributed by atoms with Crippen LogP contribution in [0.2, 0.25) is 0 Å². The zero-order chi connectivity index (χ0) is 13.2. The first-order valence-corrected chi connectivity index (χ1v) is 6.95. The molecule has 0 saturated heterocycles. The van der Waals surface area contributed by atoms with Gasteiger partial charge in [0.05, 0.1) is 17.5 Å². The summed E-state index contributed by atoms with van der Waals surface area (Å²) < 4.78 is 0. The Labute approximate surface area is 112 Å². The van der Waals surface area contributed by atoms with Gasteiger partial charge in [0.25, 0.3) is 0 Å². The number of imidazole rings is 1. The number of nitrogens with one attached hydrogen (secondary N) is 2. The highest BCUT2D eigenvalue weighted by Gasteiger charge is 2.17. The molecule has 1 aromatic carbocycles. The summed E-state index contributed by atoms with van der Waals surface area (Å²) in [4.78, 5) is 19.5. The summed E-state index contributed by atoms with van der Waals surface area (Å²) in [7, 11) is 0. The number of nitrogens with zero attached hydrogens (tertiary/aromatic N) is 1. The van der Waals surface area contributed by atoms with Crippen LogP contribution in [0.3, 0.4) is 0 Å². The highest BCUT2D eigenvalue weighted by atomic mass is 16.1. The highest BCUT2D eigenvalue weighted by Crippen LogP contribution is 2.18. The van der Waals surface area contributed by atoms with E-state index in [9.17, 15) is 4.79 Å². The largest absolute Gasteiger partial charge is 0.353 e. The van der Waals surface area contributed by atoms with E-state index < -0.39 is 0 Å². The van der Waals surface area contributed by atoms with Crippen LogP contribution in [0.25, 0.3) is 11.0 Å². The number of hydrogen-bond donors (Lipinski definition) is 2. The zero-order valence-corrected chi connectivity index (χ0v) is 11.2. The first-order valence-electron chi connectivity index (χ1n) is 6.95. The van der Waals surface area contributed by atoms with Gasteiger partial charge in [-0.05, 0) is 37.5 Å². The molecule has 0 aliphatic heterocycles. The molecule has 0 unspecified atom stereocenters. The van der Waals surface area contributed by atoms with Gasteiger partial charge in [-0.2, -0.15) is 0 Å². The molecule has 1 heterocycles. The van der Waals surface area contributed by atoms with Gasteiger partial charge in [-0.15, -0.1) is 0 Å². The molecule has 2 aromatic rings. The first kappa shape index (κ1) is 12.2. The van der Waals surface area contributed by atoms with E-state index in [-0.39, 0.29) is 5.91 Å². The van der Waals surface area contributed by atoms with Crippen LogP contribution < -0.4 is 5.32 Å². The molecule has 1 amide bonds. The van der Waals surface area contributed by atoms with Crippen molar-refractivity contribution in [2.24, 2.45) is 0 Å². The van der Waals surface area contributed by atoms with Crippen LogP contribution in [0, 0.1) is 6.92 Å². The SMILES string of the molecule is Cc1nc2ccc(CC(=O)NC3CCCC3)cc2[nH]1. The van der Waals surface area contributed by atoms with Gasteiger partial charge in [-0.25, -0.2) is 4.98 Å². The fraction of sp³-hybridized carbons (Fsp3) is 0.467. The van der Waals surface area contributed by atoms with Gasteiger partial charge in [0.2, 0.25) is 5.91 Å². The van der Waals surface area contributed by atoms with Gasteiger partial charge >= 0.3 is 0 Å². The molecular weight excluding hydrogens is 238 g/mol. The molecule has 0 atom stereocenters. The molecule has 100 valence electrons. The Bertz CT molecular complexity index is 596. The average Bonchev–Trinajstić information content (AvgIpc) is 2.96. The van der Waals surface area contributed by atoms with Crippen molar-refractivity contribution >= 4 is 16.9 Å². The van der Waals surface area contributed by atoms with E-state index in [0.717, 1.165) is 35.3 Å². The summed E-state index contributed by atoms with van der Waals surface area (Å²) in [6, 6.07) is 6.36. The topological polar surface area (TPSA) is 57.8 Å². The molecule has 2 N–H and O–H groups in total. The Morgan fingerprint density at radius 3 is 3.00 bits per heavy atom. The maximum Gasteiger partial charge on any atom is 0.224 e. The number of fused-ring (bicyclic) bond motifs is 1. The van der Waals surface area contributed by atoms with Crippen molar-refractivity contribution in [3.63, 3.8) is 0 Å². The Hall–Kier alpha value is -1.84. The predicted octanol–water partition coefficient (Wildman–Crippen LogP) is 2.47. The summed E-state index contributed by atoms with van der Waals surface area (Å²) in [6.45, 7) is 1.94. The normalized spacial score (nSPS) is 16.1. The highest BCUT2D eigenvalue weighted by molar-refractivity contribution is 5.81. The molecule has 1 saturated carbocycles. The van der Waals surface area contributed by atoms with E-state index in [1.807, 2.05) is 25.1 Å². The van der Waals surface area contributed by atoms with Crippen LogP contribution >= 0.6 is 0 Å². The van der Waals surface area contributed by atoms with Crippen LogP contribution in [0.5, 0.6) is 0 Å². The zero-order valence-electron chi connectivity index (χ0n) is 11.2. The Balaban J connectivity index is 1.68. The maximum absolute atomic E-state index is 12.0. The van der Waals surface area contributed by atoms with Gasteiger partial charge in [0, 0.05) is 6.04 Å². The Kier molecular flexibility index (Phi) is 3.23. The lowest BCUT2D eigenvalue weighted by Crippen LogP contribution is -2.33. The number of rotatable bonds is 3. The van der Waals surface area contributed by atoms with E-state index in [0.29, 0.717) is 12.5 Å². The standard InChI is InChI=1S/C15H19N3O/c1-10-16-13-7-6-11(8-14(13)17-10)9-15(19)18-12-4-2-3-5-12/h6-8,12H,2-5,9H2,1H3,(H,16,17)(H,18,19). The quantitative estimate of drug-likeness (QED) is 0.887. The second-order valence-electron chi connectivity index (χ2n) is 5.40. The lowest BCUT2D eigenvalue weighted by molar-refractivity contribution is -0.121. The van der Waals surface area contributed by atoms with Gasteiger partial charge in [-0.1, -0.05) is 18.9 Å². The number of hydrogen-bond acceptors (Lipinski definition) is 2. The molecule has 0 spiro atoms. The van der Waals surface area contributed by atoms with E-state index in [4.69, 9.17) is 0 Å². The molecule has 1 fully saturated rings. The lowest BCUT2D eigenvalue weighted by Gasteiger charge is -2.11. The van der Waals surface area contributed by atoms with Gasteiger partial charge in [0.15, 0.2) is 0 Å². The van der Waals surface area contributed by atoms with Crippen LogP contribution in [0.15, 0.2) is 18.2 Å². The summed E-state index contributed by atoms with van der Waals surface area (Å²) in [6.07, 6.45) is 5.19. The average molecular weight is 257 g/mol. The number of aryl methyl sites for hydroxylation is 1. The molecule has 4 nitrogen and oxygen atoms in total. The number of H-pyrrole nitrogens is 1. The van der Waals surface area contributed by atoms with Crippen molar-refractivity contribution < 1.29 is 4.79 Å². The fourth-order valence-corrected chi connectivity index (χ4v) is 2.83. The Morgan fingerprint density at radius 1 is 1.42 bits per heavy atom. The number of carbonyl (C=O) groups excluding carboxylic acids is 1.